The predicted molar refractivity (Wildman–Crippen MR) is 53.6 cm³/mol. The van der Waals surface area contributed by atoms with Crippen LogP contribution in [0.4, 0.5) is 0 Å². The van der Waals surface area contributed by atoms with Crippen LogP contribution in [0, 0.1) is 5.41 Å². The summed E-state index contributed by atoms with van der Waals surface area (Å²) >= 11 is 2.18. The largest absolute Gasteiger partial charge is 0.311 e. The summed E-state index contributed by atoms with van der Waals surface area (Å²) in [4.78, 5) is 0. The van der Waals surface area contributed by atoms with Gasteiger partial charge < -0.3 is 5.32 Å². The first kappa shape index (κ1) is 7.69. The van der Waals surface area contributed by atoms with Crippen LogP contribution in [-0.4, -0.2) is 23.6 Å². The number of rotatable bonds is 2. The molecular formula is C10H17NS. The predicted octanol–water partition coefficient (Wildman–Crippen LogP) is 2.02. The minimum Gasteiger partial charge on any atom is -0.311 e. The number of hydrogen-bond donors (Lipinski definition) is 1. The maximum absolute atomic E-state index is 3.83. The Morgan fingerprint density at radius 3 is 2.67 bits per heavy atom. The van der Waals surface area contributed by atoms with E-state index in [4.69, 9.17) is 0 Å². The van der Waals surface area contributed by atoms with Gasteiger partial charge in [-0.1, -0.05) is 0 Å². The first-order valence-electron chi connectivity index (χ1n) is 5.23. The molecule has 12 heavy (non-hydrogen) atoms. The van der Waals surface area contributed by atoms with E-state index in [0.29, 0.717) is 0 Å². The van der Waals surface area contributed by atoms with E-state index in [9.17, 15) is 0 Å². The third kappa shape index (κ3) is 1.29. The molecule has 0 aromatic rings. The van der Waals surface area contributed by atoms with Gasteiger partial charge in [-0.25, -0.2) is 0 Å². The van der Waals surface area contributed by atoms with Crippen LogP contribution in [0.1, 0.15) is 32.1 Å². The highest BCUT2D eigenvalue weighted by Crippen LogP contribution is 2.54. The molecule has 0 amide bonds. The second-order valence-corrected chi connectivity index (χ2v) is 5.80. The van der Waals surface area contributed by atoms with Crippen molar-refractivity contribution < 1.29 is 0 Å². The number of hydrogen-bond acceptors (Lipinski definition) is 2. The highest BCUT2D eigenvalue weighted by molar-refractivity contribution is 7.99. The van der Waals surface area contributed by atoms with E-state index in [1.165, 1.54) is 43.6 Å². The monoisotopic (exact) mass is 183 g/mol. The first-order chi connectivity index (χ1) is 5.89. The third-order valence-electron chi connectivity index (χ3n) is 3.59. The molecule has 68 valence electrons. The Hall–Kier alpha value is 0.310. The Morgan fingerprint density at radius 1 is 1.17 bits per heavy atom. The van der Waals surface area contributed by atoms with E-state index < -0.39 is 0 Å². The summed E-state index contributed by atoms with van der Waals surface area (Å²) in [6.07, 6.45) is 7.33. The molecule has 2 aliphatic carbocycles. The zero-order valence-corrected chi connectivity index (χ0v) is 8.33. The lowest BCUT2D eigenvalue weighted by atomic mass is 9.95. The summed E-state index contributed by atoms with van der Waals surface area (Å²) in [5.74, 6) is 2.84. The van der Waals surface area contributed by atoms with Crippen molar-refractivity contribution in [3.05, 3.63) is 0 Å². The van der Waals surface area contributed by atoms with E-state index >= 15 is 0 Å². The van der Waals surface area contributed by atoms with Crippen LogP contribution in [0.25, 0.3) is 0 Å². The summed E-state index contributed by atoms with van der Waals surface area (Å²) in [5, 5.41) is 3.83. The average molecular weight is 183 g/mol. The van der Waals surface area contributed by atoms with E-state index in [1.807, 2.05) is 0 Å². The van der Waals surface area contributed by atoms with E-state index in [-0.39, 0.29) is 0 Å². The molecule has 2 saturated carbocycles. The lowest BCUT2D eigenvalue weighted by Gasteiger charge is -2.32. The molecule has 0 radical (unpaired) electrons. The van der Waals surface area contributed by atoms with Gasteiger partial charge in [0.1, 0.15) is 0 Å². The molecule has 3 rings (SSSR count). The summed E-state index contributed by atoms with van der Waals surface area (Å²) < 4.78 is 0. The fourth-order valence-corrected chi connectivity index (χ4v) is 3.77. The van der Waals surface area contributed by atoms with Crippen molar-refractivity contribution in [1.82, 2.24) is 5.32 Å². The van der Waals surface area contributed by atoms with Gasteiger partial charge in [0.05, 0.1) is 0 Å². The van der Waals surface area contributed by atoms with Crippen molar-refractivity contribution >= 4 is 11.8 Å². The van der Waals surface area contributed by atoms with Gasteiger partial charge in [0.25, 0.3) is 0 Å². The molecule has 1 aliphatic heterocycles. The molecule has 1 unspecified atom stereocenters. The molecule has 1 heterocycles. The third-order valence-corrected chi connectivity index (χ3v) is 4.89. The fourth-order valence-electron chi connectivity index (χ4n) is 2.33. The van der Waals surface area contributed by atoms with Gasteiger partial charge in [0.2, 0.25) is 0 Å². The molecule has 0 aromatic heterocycles. The van der Waals surface area contributed by atoms with Gasteiger partial charge in [0, 0.05) is 17.8 Å². The smallest absolute Gasteiger partial charge is 0.0142 e. The van der Waals surface area contributed by atoms with Crippen LogP contribution < -0.4 is 5.32 Å². The average Bonchev–Trinajstić information content (AvgIpc) is 2.90. The Labute approximate surface area is 78.7 Å². The van der Waals surface area contributed by atoms with Crippen LogP contribution in [0.5, 0.6) is 0 Å². The van der Waals surface area contributed by atoms with Gasteiger partial charge >= 0.3 is 0 Å². The summed E-state index contributed by atoms with van der Waals surface area (Å²) in [6, 6.07) is 1.81. The minimum atomic E-state index is 0.769. The van der Waals surface area contributed by atoms with Gasteiger partial charge in [-0.3, -0.25) is 0 Å². The molecule has 1 nitrogen and oxygen atoms in total. The molecule has 1 saturated heterocycles. The van der Waals surface area contributed by atoms with Crippen molar-refractivity contribution in [3.63, 3.8) is 0 Å². The van der Waals surface area contributed by atoms with Gasteiger partial charge in [-0.05, 0) is 43.3 Å². The summed E-state index contributed by atoms with van der Waals surface area (Å²) in [6.45, 7) is 0. The van der Waals surface area contributed by atoms with Crippen molar-refractivity contribution in [1.29, 1.82) is 0 Å². The second kappa shape index (κ2) is 2.65. The normalized spacial score (nSPS) is 38.5. The van der Waals surface area contributed by atoms with Crippen LogP contribution in [-0.2, 0) is 0 Å². The van der Waals surface area contributed by atoms with Gasteiger partial charge in [-0.15, -0.1) is 0 Å². The fraction of sp³-hybridized carbons (Fsp3) is 1.00. The van der Waals surface area contributed by atoms with Crippen LogP contribution in [0.15, 0.2) is 0 Å². The van der Waals surface area contributed by atoms with Crippen LogP contribution in [0.3, 0.4) is 0 Å². The van der Waals surface area contributed by atoms with E-state index in [2.05, 4.69) is 17.1 Å². The SMILES string of the molecule is C1CC(NC2CC2)C2(CC2)CS1. The molecule has 0 bridgehead atoms. The topological polar surface area (TPSA) is 12.0 Å². The van der Waals surface area contributed by atoms with Crippen LogP contribution in [0.2, 0.25) is 0 Å². The lowest BCUT2D eigenvalue weighted by Crippen LogP contribution is -2.42. The van der Waals surface area contributed by atoms with E-state index in [0.717, 1.165) is 17.5 Å². The first-order valence-corrected chi connectivity index (χ1v) is 6.38. The minimum absolute atomic E-state index is 0.769. The molecule has 2 heteroatoms. The van der Waals surface area contributed by atoms with Crippen molar-refractivity contribution in [2.24, 2.45) is 5.41 Å². The molecule has 1 N–H and O–H groups in total. The Bertz CT molecular complexity index is 184. The number of nitrogens with one attached hydrogen (secondary N) is 1. The Balaban J connectivity index is 1.64. The highest BCUT2D eigenvalue weighted by atomic mass is 32.2. The molecular weight excluding hydrogens is 166 g/mol. The Kier molecular flexibility index (Phi) is 1.70. The molecule has 1 spiro atoms. The standard InChI is InChI=1S/C10H17NS/c1-2-8(1)11-9-3-6-12-7-10(9)4-5-10/h8-9,11H,1-7H2. The quantitative estimate of drug-likeness (QED) is 0.703. The molecule has 3 fully saturated rings. The van der Waals surface area contributed by atoms with Gasteiger partial charge in [0.15, 0.2) is 0 Å². The zero-order chi connectivity index (χ0) is 8.02. The maximum atomic E-state index is 3.83. The van der Waals surface area contributed by atoms with Crippen molar-refractivity contribution in [3.8, 4) is 0 Å². The summed E-state index contributed by atoms with van der Waals surface area (Å²) in [7, 11) is 0. The lowest BCUT2D eigenvalue weighted by molar-refractivity contribution is 0.343. The van der Waals surface area contributed by atoms with Crippen LogP contribution >= 0.6 is 11.8 Å². The van der Waals surface area contributed by atoms with Gasteiger partial charge in [-0.2, -0.15) is 11.8 Å². The zero-order valence-electron chi connectivity index (χ0n) is 7.51. The van der Waals surface area contributed by atoms with E-state index in [1.54, 1.807) is 0 Å². The number of thioether (sulfide) groups is 1. The molecule has 1 atom stereocenters. The molecule has 3 aliphatic rings. The summed E-state index contributed by atoms with van der Waals surface area (Å²) in [5.41, 5.74) is 0.769. The highest BCUT2D eigenvalue weighted by Gasteiger charge is 2.51. The second-order valence-electron chi connectivity index (χ2n) is 4.70. The molecule has 0 aromatic carbocycles. The Morgan fingerprint density at radius 2 is 2.00 bits per heavy atom. The van der Waals surface area contributed by atoms with Crippen molar-refractivity contribution in [2.75, 3.05) is 11.5 Å². The van der Waals surface area contributed by atoms with Crippen molar-refractivity contribution in [2.45, 2.75) is 44.2 Å². The maximum Gasteiger partial charge on any atom is 0.0142 e.